The Hall–Kier alpha value is -2.15. The smallest absolute Gasteiger partial charge is 0.344 e. The first-order valence-electron chi connectivity index (χ1n) is 6.60. The molecule has 0 saturated carbocycles. The lowest BCUT2D eigenvalue weighted by molar-refractivity contribution is -0.385. The van der Waals surface area contributed by atoms with Crippen LogP contribution in [-0.2, 0) is 4.74 Å². The Morgan fingerprint density at radius 3 is 2.67 bits per heavy atom. The molecule has 7 nitrogen and oxygen atoms in total. The quantitative estimate of drug-likeness (QED) is 0.517. The van der Waals surface area contributed by atoms with Gasteiger partial charge in [-0.25, -0.2) is 4.79 Å². The summed E-state index contributed by atoms with van der Waals surface area (Å²) in [7, 11) is 1.19. The highest BCUT2D eigenvalue weighted by molar-refractivity contribution is 5.96. The van der Waals surface area contributed by atoms with E-state index < -0.39 is 16.5 Å². The molecule has 0 aliphatic carbocycles. The lowest BCUT2D eigenvalue weighted by atomic mass is 10.1. The lowest BCUT2D eigenvalue weighted by Gasteiger charge is -2.21. The fourth-order valence-corrected chi connectivity index (χ4v) is 2.62. The average Bonchev–Trinajstić information content (AvgIpc) is 2.76. The van der Waals surface area contributed by atoms with Crippen LogP contribution in [0.25, 0.3) is 0 Å². The summed E-state index contributed by atoms with van der Waals surface area (Å²) in [5.74, 6) is -0.738. The largest absolute Gasteiger partial charge is 0.465 e. The molecule has 1 N–H and O–H groups in total. The van der Waals surface area contributed by atoms with E-state index in [9.17, 15) is 20.0 Å². The van der Waals surface area contributed by atoms with Crippen LogP contribution in [0.15, 0.2) is 12.1 Å². The van der Waals surface area contributed by atoms with Gasteiger partial charge in [0.15, 0.2) is 0 Å². The van der Waals surface area contributed by atoms with Gasteiger partial charge in [-0.05, 0) is 32.4 Å². The highest BCUT2D eigenvalue weighted by atomic mass is 16.6. The zero-order valence-corrected chi connectivity index (χ0v) is 12.3. The van der Waals surface area contributed by atoms with Gasteiger partial charge in [0.25, 0.3) is 5.69 Å². The Morgan fingerprint density at radius 1 is 1.52 bits per heavy atom. The number of rotatable bonds is 3. The normalized spacial score (nSPS) is 21.4. The molecule has 1 heterocycles. The first kappa shape index (κ1) is 15.2. The minimum absolute atomic E-state index is 0.0657. The van der Waals surface area contributed by atoms with Gasteiger partial charge in [-0.1, -0.05) is 0 Å². The number of aryl methyl sites for hydroxylation is 1. The third-order valence-corrected chi connectivity index (χ3v) is 3.69. The van der Waals surface area contributed by atoms with Crippen molar-refractivity contribution in [3.05, 3.63) is 33.4 Å². The zero-order chi connectivity index (χ0) is 15.8. The number of carbonyl (C=O) groups excluding carboxylic acids is 1. The van der Waals surface area contributed by atoms with E-state index in [1.54, 1.807) is 19.9 Å². The van der Waals surface area contributed by atoms with Gasteiger partial charge in [0.2, 0.25) is 0 Å². The molecule has 0 amide bonds. The molecule has 1 fully saturated rings. The van der Waals surface area contributed by atoms with Crippen molar-refractivity contribution in [2.24, 2.45) is 0 Å². The Bertz CT molecular complexity index is 597. The molecule has 7 heteroatoms. The summed E-state index contributed by atoms with van der Waals surface area (Å²) in [6.45, 7) is 4.38. The minimum Gasteiger partial charge on any atom is -0.465 e. The van der Waals surface area contributed by atoms with E-state index in [4.69, 9.17) is 0 Å². The van der Waals surface area contributed by atoms with Gasteiger partial charge in [-0.2, -0.15) is 0 Å². The number of anilines is 1. The van der Waals surface area contributed by atoms with Gasteiger partial charge in [-0.15, -0.1) is 0 Å². The van der Waals surface area contributed by atoms with Crippen molar-refractivity contribution in [1.29, 1.82) is 0 Å². The molecular formula is C14H18N2O5. The molecule has 114 valence electrons. The second-order valence-electron chi connectivity index (χ2n) is 5.58. The van der Waals surface area contributed by atoms with E-state index in [1.807, 2.05) is 4.90 Å². The number of hydrogen-bond donors (Lipinski definition) is 1. The van der Waals surface area contributed by atoms with Gasteiger partial charge < -0.3 is 14.7 Å². The van der Waals surface area contributed by atoms with E-state index in [-0.39, 0.29) is 11.3 Å². The fourth-order valence-electron chi connectivity index (χ4n) is 2.62. The third-order valence-electron chi connectivity index (χ3n) is 3.69. The molecule has 0 spiro atoms. The molecule has 1 aromatic carbocycles. The minimum atomic E-state index is -0.791. The first-order chi connectivity index (χ1) is 9.75. The third kappa shape index (κ3) is 2.97. The molecule has 1 unspecified atom stereocenters. The Balaban J connectivity index is 2.48. The number of hydrogen-bond acceptors (Lipinski definition) is 6. The molecule has 2 rings (SSSR count). The van der Waals surface area contributed by atoms with Gasteiger partial charge in [-0.3, -0.25) is 10.1 Å². The lowest BCUT2D eigenvalue weighted by Crippen LogP contribution is -2.29. The first-order valence-corrected chi connectivity index (χ1v) is 6.60. The Morgan fingerprint density at radius 2 is 2.19 bits per heavy atom. The highest BCUT2D eigenvalue weighted by Gasteiger charge is 2.33. The van der Waals surface area contributed by atoms with E-state index in [0.29, 0.717) is 30.8 Å². The van der Waals surface area contributed by atoms with Gasteiger partial charge in [0.1, 0.15) is 5.56 Å². The van der Waals surface area contributed by atoms with Crippen LogP contribution in [0.5, 0.6) is 0 Å². The van der Waals surface area contributed by atoms with Crippen LogP contribution in [0.1, 0.15) is 29.3 Å². The number of carbonyl (C=O) groups is 1. The predicted octanol–water partition coefficient (Wildman–Crippen LogP) is 1.65. The predicted molar refractivity (Wildman–Crippen MR) is 76.6 cm³/mol. The van der Waals surface area contributed by atoms with Gasteiger partial charge >= 0.3 is 5.97 Å². The number of nitro groups is 1. The molecule has 0 aromatic heterocycles. The van der Waals surface area contributed by atoms with E-state index in [2.05, 4.69) is 4.74 Å². The molecule has 0 bridgehead atoms. The van der Waals surface area contributed by atoms with Crippen LogP contribution < -0.4 is 4.90 Å². The number of benzene rings is 1. The van der Waals surface area contributed by atoms with Crippen LogP contribution in [-0.4, -0.2) is 41.8 Å². The van der Waals surface area contributed by atoms with Crippen molar-refractivity contribution in [2.75, 3.05) is 25.1 Å². The van der Waals surface area contributed by atoms with Crippen LogP contribution in [0.4, 0.5) is 11.4 Å². The molecular weight excluding hydrogens is 276 g/mol. The number of nitrogens with zero attached hydrogens (tertiary/aromatic N) is 2. The molecule has 1 saturated heterocycles. The highest BCUT2D eigenvalue weighted by Crippen LogP contribution is 2.33. The molecule has 21 heavy (non-hydrogen) atoms. The maximum Gasteiger partial charge on any atom is 0.344 e. The Labute approximate surface area is 122 Å². The van der Waals surface area contributed by atoms with Crippen LogP contribution in [0, 0.1) is 17.0 Å². The van der Waals surface area contributed by atoms with Gasteiger partial charge in [0, 0.05) is 24.3 Å². The van der Waals surface area contributed by atoms with Crippen LogP contribution in [0.2, 0.25) is 0 Å². The maximum absolute atomic E-state index is 11.8. The van der Waals surface area contributed by atoms with Crippen molar-refractivity contribution in [2.45, 2.75) is 25.9 Å². The molecule has 1 aliphatic heterocycles. The van der Waals surface area contributed by atoms with Crippen molar-refractivity contribution in [3.63, 3.8) is 0 Å². The number of nitro benzene ring substituents is 1. The molecule has 0 radical (unpaired) electrons. The number of esters is 1. The van der Waals surface area contributed by atoms with Crippen molar-refractivity contribution in [3.8, 4) is 0 Å². The van der Waals surface area contributed by atoms with Crippen molar-refractivity contribution >= 4 is 17.3 Å². The number of methoxy groups -OCH3 is 1. The van der Waals surface area contributed by atoms with Crippen molar-refractivity contribution in [1.82, 2.24) is 0 Å². The molecule has 1 aliphatic rings. The monoisotopic (exact) mass is 294 g/mol. The van der Waals surface area contributed by atoms with E-state index in [0.717, 1.165) is 0 Å². The fraction of sp³-hybridized carbons (Fsp3) is 0.500. The average molecular weight is 294 g/mol. The second kappa shape index (κ2) is 5.33. The summed E-state index contributed by atoms with van der Waals surface area (Å²) in [5.41, 5.74) is -0.0255. The Kier molecular flexibility index (Phi) is 3.87. The topological polar surface area (TPSA) is 92.9 Å². The van der Waals surface area contributed by atoms with E-state index in [1.165, 1.54) is 13.2 Å². The van der Waals surface area contributed by atoms with Crippen LogP contribution in [0.3, 0.4) is 0 Å². The zero-order valence-electron chi connectivity index (χ0n) is 12.3. The second-order valence-corrected chi connectivity index (χ2v) is 5.58. The van der Waals surface area contributed by atoms with Gasteiger partial charge in [0.05, 0.1) is 17.6 Å². The van der Waals surface area contributed by atoms with Crippen LogP contribution >= 0.6 is 0 Å². The number of ether oxygens (including phenoxy) is 1. The maximum atomic E-state index is 11.8. The molecule has 1 atom stereocenters. The standard InChI is InChI=1S/C14H18N2O5/c1-9-6-10(15-5-4-14(2,18)8-15)7-11(13(17)21-3)12(9)16(19)20/h6-7,18H,4-5,8H2,1-3H3. The summed E-state index contributed by atoms with van der Waals surface area (Å²) in [5, 5.41) is 21.2. The summed E-state index contributed by atoms with van der Waals surface area (Å²) in [4.78, 5) is 24.3. The number of aliphatic hydroxyl groups is 1. The van der Waals surface area contributed by atoms with Crippen molar-refractivity contribution < 1.29 is 19.6 Å². The summed E-state index contributed by atoms with van der Waals surface area (Å²) in [6, 6.07) is 3.12. The SMILES string of the molecule is COC(=O)c1cc(N2CCC(C)(O)C2)cc(C)c1[N+](=O)[O-]. The van der Waals surface area contributed by atoms with E-state index >= 15 is 0 Å². The summed E-state index contributed by atoms with van der Waals surface area (Å²) in [6.07, 6.45) is 0.608. The number of β-amino-alcohol motifs (C(OH)–C–C–N with tert-alkyl or cyclic N) is 1. The summed E-state index contributed by atoms with van der Waals surface area (Å²) >= 11 is 0. The summed E-state index contributed by atoms with van der Waals surface area (Å²) < 4.78 is 4.63. The molecule has 1 aromatic rings.